The molecule has 2 aromatic heterocycles. The van der Waals surface area contributed by atoms with Crippen molar-refractivity contribution in [2.24, 2.45) is 0 Å². The Hall–Kier alpha value is -2.44. The summed E-state index contributed by atoms with van der Waals surface area (Å²) < 4.78 is 0. The molecule has 2 aromatic rings. The average molecular weight is 396 g/mol. The standard InChI is InChI=1S/C22H29N5O2/c1-14-23-20-16(21(29)24-14)9-11-22(20)10-4-12-27(13-22)19(28)8-7-18-15-5-2-3-6-17(15)25-26-18/h2-13H2,1H3,(H,25,26)(H,23,24,29). The molecule has 1 unspecified atom stereocenters. The molecule has 7 nitrogen and oxygen atoms in total. The van der Waals surface area contributed by atoms with Gasteiger partial charge in [-0.25, -0.2) is 4.98 Å². The van der Waals surface area contributed by atoms with Gasteiger partial charge in [0, 0.05) is 42.6 Å². The molecule has 1 saturated heterocycles. The Bertz CT molecular complexity index is 1010. The number of nitrogens with one attached hydrogen (secondary N) is 2. The van der Waals surface area contributed by atoms with Gasteiger partial charge in [-0.2, -0.15) is 5.10 Å². The first kappa shape index (κ1) is 18.6. The van der Waals surface area contributed by atoms with Crippen molar-refractivity contribution in [3.8, 4) is 0 Å². The van der Waals surface area contributed by atoms with Gasteiger partial charge in [-0.1, -0.05) is 0 Å². The number of aromatic amines is 2. The monoisotopic (exact) mass is 395 g/mol. The SMILES string of the molecule is Cc1nc2c(c(=O)[nH]1)CCC21CCCN(C(=O)CCc2n[nH]c3c2CCCC3)C1. The Morgan fingerprint density at radius 2 is 2.00 bits per heavy atom. The number of aromatic nitrogens is 4. The molecule has 0 bridgehead atoms. The quantitative estimate of drug-likeness (QED) is 0.832. The zero-order valence-electron chi connectivity index (χ0n) is 17.1. The number of fused-ring (bicyclic) bond motifs is 3. The lowest BCUT2D eigenvalue weighted by Crippen LogP contribution is -2.48. The van der Waals surface area contributed by atoms with E-state index in [1.54, 1.807) is 0 Å². The van der Waals surface area contributed by atoms with E-state index in [0.29, 0.717) is 25.2 Å². The lowest BCUT2D eigenvalue weighted by atomic mass is 9.77. The summed E-state index contributed by atoms with van der Waals surface area (Å²) in [4.78, 5) is 34.9. The summed E-state index contributed by atoms with van der Waals surface area (Å²) in [5, 5.41) is 7.67. The molecule has 1 fully saturated rings. The Morgan fingerprint density at radius 3 is 2.90 bits per heavy atom. The molecule has 5 rings (SSSR count). The van der Waals surface area contributed by atoms with Gasteiger partial charge in [0.2, 0.25) is 5.91 Å². The number of rotatable bonds is 3. The van der Waals surface area contributed by atoms with E-state index in [1.807, 2.05) is 11.8 Å². The summed E-state index contributed by atoms with van der Waals surface area (Å²) in [5.41, 5.74) is 5.32. The van der Waals surface area contributed by atoms with Gasteiger partial charge in [-0.15, -0.1) is 0 Å². The highest BCUT2D eigenvalue weighted by molar-refractivity contribution is 5.76. The summed E-state index contributed by atoms with van der Waals surface area (Å²) >= 11 is 0. The third-order valence-electron chi connectivity index (χ3n) is 7.14. The van der Waals surface area contributed by atoms with E-state index in [1.165, 1.54) is 24.1 Å². The van der Waals surface area contributed by atoms with Crippen LogP contribution < -0.4 is 5.56 Å². The van der Waals surface area contributed by atoms with Gasteiger partial charge in [0.25, 0.3) is 5.56 Å². The van der Waals surface area contributed by atoms with Crippen molar-refractivity contribution in [3.63, 3.8) is 0 Å². The normalized spacial score (nSPS) is 23.3. The van der Waals surface area contributed by atoms with Crippen LogP contribution in [-0.4, -0.2) is 44.1 Å². The molecule has 0 saturated carbocycles. The fourth-order valence-corrected chi connectivity index (χ4v) is 5.65. The minimum Gasteiger partial charge on any atom is -0.342 e. The van der Waals surface area contributed by atoms with Crippen molar-refractivity contribution >= 4 is 5.91 Å². The smallest absolute Gasteiger partial charge is 0.254 e. The minimum absolute atomic E-state index is 0.00358. The number of likely N-dealkylation sites (tertiary alicyclic amines) is 1. The number of hydrogen-bond acceptors (Lipinski definition) is 4. The van der Waals surface area contributed by atoms with Crippen LogP contribution in [0.4, 0.5) is 0 Å². The first-order chi connectivity index (χ1) is 14.1. The van der Waals surface area contributed by atoms with E-state index in [9.17, 15) is 9.59 Å². The van der Waals surface area contributed by atoms with Crippen molar-refractivity contribution in [3.05, 3.63) is 44.4 Å². The molecule has 29 heavy (non-hydrogen) atoms. The second-order valence-corrected chi connectivity index (χ2v) is 9.01. The summed E-state index contributed by atoms with van der Waals surface area (Å²) in [7, 11) is 0. The van der Waals surface area contributed by atoms with Gasteiger partial charge in [0.05, 0.1) is 11.4 Å². The van der Waals surface area contributed by atoms with Crippen molar-refractivity contribution in [1.29, 1.82) is 0 Å². The molecule has 1 atom stereocenters. The molecule has 1 aliphatic heterocycles. The fraction of sp³-hybridized carbons (Fsp3) is 0.636. The van der Waals surface area contributed by atoms with Crippen molar-refractivity contribution in [2.75, 3.05) is 13.1 Å². The van der Waals surface area contributed by atoms with Crippen LogP contribution in [-0.2, 0) is 35.9 Å². The van der Waals surface area contributed by atoms with Crippen molar-refractivity contribution in [1.82, 2.24) is 25.1 Å². The predicted octanol–water partition coefficient (Wildman–Crippen LogP) is 2.12. The summed E-state index contributed by atoms with van der Waals surface area (Å²) in [5.74, 6) is 0.869. The van der Waals surface area contributed by atoms with E-state index in [-0.39, 0.29) is 16.9 Å². The predicted molar refractivity (Wildman–Crippen MR) is 109 cm³/mol. The molecular weight excluding hydrogens is 366 g/mol. The maximum absolute atomic E-state index is 13.0. The number of carbonyl (C=O) groups is 1. The number of aryl methyl sites for hydroxylation is 3. The third-order valence-corrected chi connectivity index (χ3v) is 7.14. The number of H-pyrrole nitrogens is 2. The number of piperidine rings is 1. The maximum Gasteiger partial charge on any atom is 0.254 e. The summed E-state index contributed by atoms with van der Waals surface area (Å²) in [6, 6.07) is 0. The second-order valence-electron chi connectivity index (χ2n) is 9.01. The van der Waals surface area contributed by atoms with E-state index in [2.05, 4.69) is 15.2 Å². The minimum atomic E-state index is -0.145. The van der Waals surface area contributed by atoms with Crippen molar-refractivity contribution in [2.45, 2.75) is 76.5 Å². The lowest BCUT2D eigenvalue weighted by Gasteiger charge is -2.40. The Kier molecular flexibility index (Phi) is 4.56. The zero-order chi connectivity index (χ0) is 20.0. The molecule has 0 aromatic carbocycles. The van der Waals surface area contributed by atoms with Gasteiger partial charge in [0.15, 0.2) is 0 Å². The van der Waals surface area contributed by atoms with Gasteiger partial charge >= 0.3 is 0 Å². The van der Waals surface area contributed by atoms with E-state index in [4.69, 9.17) is 4.98 Å². The number of carbonyl (C=O) groups excluding carboxylic acids is 1. The summed E-state index contributed by atoms with van der Waals surface area (Å²) in [6.07, 6.45) is 9.47. The molecule has 7 heteroatoms. The Morgan fingerprint density at radius 1 is 1.14 bits per heavy atom. The van der Waals surface area contributed by atoms with Crippen LogP contribution >= 0.6 is 0 Å². The molecule has 2 aliphatic carbocycles. The van der Waals surface area contributed by atoms with E-state index in [0.717, 1.165) is 62.0 Å². The van der Waals surface area contributed by atoms with Gasteiger partial charge < -0.3 is 9.88 Å². The van der Waals surface area contributed by atoms with E-state index < -0.39 is 0 Å². The second kappa shape index (κ2) is 7.11. The first-order valence-electron chi connectivity index (χ1n) is 11.0. The maximum atomic E-state index is 13.0. The lowest BCUT2D eigenvalue weighted by molar-refractivity contribution is -0.133. The van der Waals surface area contributed by atoms with Gasteiger partial charge in [0.1, 0.15) is 5.82 Å². The molecule has 1 amide bonds. The number of amides is 1. The third kappa shape index (κ3) is 3.20. The zero-order valence-corrected chi connectivity index (χ0v) is 17.1. The van der Waals surface area contributed by atoms with Crippen LogP contribution in [0.25, 0.3) is 0 Å². The highest BCUT2D eigenvalue weighted by Gasteiger charge is 2.45. The van der Waals surface area contributed by atoms with Crippen LogP contribution in [0.3, 0.4) is 0 Å². The van der Waals surface area contributed by atoms with Crippen LogP contribution in [0.15, 0.2) is 4.79 Å². The molecule has 154 valence electrons. The molecule has 3 aliphatic rings. The van der Waals surface area contributed by atoms with Gasteiger partial charge in [-0.3, -0.25) is 14.7 Å². The molecular formula is C22H29N5O2. The van der Waals surface area contributed by atoms with Gasteiger partial charge in [-0.05, 0) is 63.9 Å². The topological polar surface area (TPSA) is 94.7 Å². The number of nitrogens with zero attached hydrogens (tertiary/aromatic N) is 3. The number of hydrogen-bond donors (Lipinski definition) is 2. The molecule has 2 N–H and O–H groups in total. The first-order valence-corrected chi connectivity index (χ1v) is 11.0. The average Bonchev–Trinajstić information content (AvgIpc) is 3.29. The fourth-order valence-electron chi connectivity index (χ4n) is 5.65. The van der Waals surface area contributed by atoms with Crippen LogP contribution in [0.5, 0.6) is 0 Å². The molecule has 1 spiro atoms. The largest absolute Gasteiger partial charge is 0.342 e. The van der Waals surface area contributed by atoms with Crippen molar-refractivity contribution < 1.29 is 4.79 Å². The van der Waals surface area contributed by atoms with Crippen LogP contribution in [0.1, 0.15) is 72.6 Å². The molecule has 0 radical (unpaired) electrons. The highest BCUT2D eigenvalue weighted by Crippen LogP contribution is 2.43. The Labute approximate surface area is 170 Å². The van der Waals surface area contributed by atoms with E-state index >= 15 is 0 Å². The van der Waals surface area contributed by atoms with Crippen LogP contribution in [0, 0.1) is 6.92 Å². The Balaban J connectivity index is 1.30. The van der Waals surface area contributed by atoms with Crippen LogP contribution in [0.2, 0.25) is 0 Å². The highest BCUT2D eigenvalue weighted by atomic mass is 16.2. The summed E-state index contributed by atoms with van der Waals surface area (Å²) in [6.45, 7) is 3.33. The molecule has 3 heterocycles.